The van der Waals surface area contributed by atoms with Gasteiger partial charge in [0.1, 0.15) is 12.4 Å². The number of halogens is 5. The Morgan fingerprint density at radius 2 is 1.82 bits per heavy atom. The summed E-state index contributed by atoms with van der Waals surface area (Å²) >= 11 is 6.26. The minimum atomic E-state index is -4.51. The first kappa shape index (κ1) is 18.6. The lowest BCUT2D eigenvalue weighted by Gasteiger charge is -2.14. The highest BCUT2D eigenvalue weighted by Gasteiger charge is 2.32. The lowest BCUT2D eigenvalue weighted by Crippen LogP contribution is -2.18. The third-order valence-electron chi connectivity index (χ3n) is 4.70. The first-order valence-corrected chi connectivity index (χ1v) is 8.71. The van der Waals surface area contributed by atoms with Crippen LogP contribution in [0.15, 0.2) is 47.3 Å². The van der Waals surface area contributed by atoms with Crippen molar-refractivity contribution in [2.24, 2.45) is 0 Å². The largest absolute Gasteiger partial charge is 0.406 e. The normalized spacial score (nSPS) is 12.2. The molecule has 2 aromatic heterocycles. The predicted molar refractivity (Wildman–Crippen MR) is 101 cm³/mol. The number of aryl methyl sites for hydroxylation is 1. The van der Waals surface area contributed by atoms with Gasteiger partial charge in [-0.1, -0.05) is 23.7 Å². The lowest BCUT2D eigenvalue weighted by molar-refractivity contribution is -0.139. The number of aromatic nitrogens is 2. The zero-order valence-electron chi connectivity index (χ0n) is 14.5. The first-order valence-electron chi connectivity index (χ1n) is 8.33. The summed E-state index contributed by atoms with van der Waals surface area (Å²) in [5.74, 6) is -0.624. The SMILES string of the molecule is Cc1c(-c2ccccc2F)n(CC(F)(F)F)c2ccc3[nH]c(=O)cc(Cl)c3c12. The third-order valence-corrected chi connectivity index (χ3v) is 4.99. The number of H-pyrrole nitrogens is 1. The van der Waals surface area contributed by atoms with Crippen molar-refractivity contribution >= 4 is 33.4 Å². The van der Waals surface area contributed by atoms with Gasteiger partial charge in [-0.05, 0) is 36.8 Å². The number of aromatic amines is 1. The van der Waals surface area contributed by atoms with Crippen molar-refractivity contribution in [2.45, 2.75) is 19.6 Å². The van der Waals surface area contributed by atoms with E-state index in [9.17, 15) is 22.4 Å². The van der Waals surface area contributed by atoms with Crippen LogP contribution in [0.1, 0.15) is 5.56 Å². The number of benzene rings is 2. The fourth-order valence-corrected chi connectivity index (χ4v) is 3.99. The van der Waals surface area contributed by atoms with Crippen molar-refractivity contribution in [1.82, 2.24) is 9.55 Å². The molecular formula is C20H13ClF4N2O. The number of rotatable bonds is 2. The number of hydrogen-bond donors (Lipinski definition) is 1. The van der Waals surface area contributed by atoms with Crippen LogP contribution in [0.25, 0.3) is 33.1 Å². The molecule has 0 aliphatic carbocycles. The molecule has 0 fully saturated rings. The highest BCUT2D eigenvalue weighted by atomic mass is 35.5. The molecule has 0 aliphatic heterocycles. The number of pyridine rings is 1. The molecule has 4 rings (SSSR count). The summed E-state index contributed by atoms with van der Waals surface area (Å²) in [4.78, 5) is 14.3. The molecule has 0 atom stereocenters. The van der Waals surface area contributed by atoms with E-state index in [-0.39, 0.29) is 21.8 Å². The molecule has 0 amide bonds. The minimum Gasteiger partial charge on any atom is -0.331 e. The predicted octanol–water partition coefficient (Wildman–Crippen LogP) is 5.81. The maximum atomic E-state index is 14.5. The van der Waals surface area contributed by atoms with Gasteiger partial charge in [0, 0.05) is 27.9 Å². The van der Waals surface area contributed by atoms with E-state index in [4.69, 9.17) is 11.6 Å². The molecule has 0 saturated heterocycles. The van der Waals surface area contributed by atoms with Gasteiger partial charge in [-0.25, -0.2) is 4.39 Å². The highest BCUT2D eigenvalue weighted by Crippen LogP contribution is 2.40. The number of alkyl halides is 3. The first-order chi connectivity index (χ1) is 13.2. The van der Waals surface area contributed by atoms with E-state index in [1.165, 1.54) is 36.4 Å². The van der Waals surface area contributed by atoms with Crippen LogP contribution < -0.4 is 5.56 Å². The van der Waals surface area contributed by atoms with Crippen LogP contribution >= 0.6 is 11.6 Å². The van der Waals surface area contributed by atoms with Crippen LogP contribution in [0, 0.1) is 12.7 Å². The second kappa shape index (κ2) is 6.38. The van der Waals surface area contributed by atoms with Gasteiger partial charge in [-0.15, -0.1) is 0 Å². The molecule has 2 aromatic carbocycles. The van der Waals surface area contributed by atoms with Crippen LogP contribution in [-0.4, -0.2) is 15.7 Å². The van der Waals surface area contributed by atoms with Crippen LogP contribution in [0.4, 0.5) is 17.6 Å². The zero-order chi connectivity index (χ0) is 20.2. The van der Waals surface area contributed by atoms with Gasteiger partial charge < -0.3 is 9.55 Å². The Bertz CT molecular complexity index is 1290. The van der Waals surface area contributed by atoms with Crippen LogP contribution in [-0.2, 0) is 6.54 Å². The summed E-state index contributed by atoms with van der Waals surface area (Å²) in [5.41, 5.74) is 0.878. The molecule has 1 N–H and O–H groups in total. The number of fused-ring (bicyclic) bond motifs is 3. The Morgan fingerprint density at radius 3 is 2.50 bits per heavy atom. The van der Waals surface area contributed by atoms with Gasteiger partial charge in [-0.3, -0.25) is 4.79 Å². The molecular weight excluding hydrogens is 396 g/mol. The summed E-state index contributed by atoms with van der Waals surface area (Å²) in [7, 11) is 0. The van der Waals surface area contributed by atoms with Crippen molar-refractivity contribution in [3.8, 4) is 11.3 Å². The molecule has 4 aromatic rings. The van der Waals surface area contributed by atoms with E-state index >= 15 is 0 Å². The summed E-state index contributed by atoms with van der Waals surface area (Å²) in [6.45, 7) is 0.339. The molecule has 0 aliphatic rings. The molecule has 3 nitrogen and oxygen atoms in total. The second-order valence-electron chi connectivity index (χ2n) is 6.52. The lowest BCUT2D eigenvalue weighted by atomic mass is 10.0. The Balaban J connectivity index is 2.20. The maximum Gasteiger partial charge on any atom is 0.406 e. The Labute approximate surface area is 161 Å². The number of nitrogens with one attached hydrogen (secondary N) is 1. The third kappa shape index (κ3) is 2.96. The van der Waals surface area contributed by atoms with Gasteiger partial charge in [0.25, 0.3) is 0 Å². The molecule has 2 heterocycles. The number of nitrogens with zero attached hydrogens (tertiary/aromatic N) is 1. The van der Waals surface area contributed by atoms with Gasteiger partial charge in [0.05, 0.1) is 16.2 Å². The summed E-state index contributed by atoms with van der Waals surface area (Å²) in [6.07, 6.45) is -4.51. The van der Waals surface area contributed by atoms with Crippen molar-refractivity contribution in [3.05, 3.63) is 69.2 Å². The maximum absolute atomic E-state index is 14.5. The Morgan fingerprint density at radius 1 is 1.11 bits per heavy atom. The Kier molecular flexibility index (Phi) is 4.23. The van der Waals surface area contributed by atoms with E-state index in [1.807, 2.05) is 0 Å². The van der Waals surface area contributed by atoms with Gasteiger partial charge in [0.15, 0.2) is 0 Å². The molecule has 8 heteroatoms. The molecule has 0 spiro atoms. The summed E-state index contributed by atoms with van der Waals surface area (Å²) < 4.78 is 55.5. The van der Waals surface area contributed by atoms with E-state index in [2.05, 4.69) is 4.98 Å². The van der Waals surface area contributed by atoms with Crippen molar-refractivity contribution in [2.75, 3.05) is 0 Å². The summed E-state index contributed by atoms with van der Waals surface area (Å²) in [6, 6.07) is 9.84. The van der Waals surface area contributed by atoms with Crippen LogP contribution in [0.3, 0.4) is 0 Å². The molecule has 0 bridgehead atoms. The van der Waals surface area contributed by atoms with Gasteiger partial charge in [-0.2, -0.15) is 13.2 Å². The molecule has 0 unspecified atom stereocenters. The van der Waals surface area contributed by atoms with Gasteiger partial charge >= 0.3 is 6.18 Å². The average Bonchev–Trinajstić information content (AvgIpc) is 2.85. The monoisotopic (exact) mass is 408 g/mol. The fourth-order valence-electron chi connectivity index (χ4n) is 3.69. The van der Waals surface area contributed by atoms with E-state index in [1.54, 1.807) is 13.0 Å². The van der Waals surface area contributed by atoms with Gasteiger partial charge in [0.2, 0.25) is 5.56 Å². The average molecular weight is 409 g/mol. The smallest absolute Gasteiger partial charge is 0.331 e. The van der Waals surface area contributed by atoms with Crippen LogP contribution in [0.2, 0.25) is 5.02 Å². The van der Waals surface area contributed by atoms with Crippen molar-refractivity contribution in [1.29, 1.82) is 0 Å². The Hall–Kier alpha value is -2.80. The molecule has 28 heavy (non-hydrogen) atoms. The van der Waals surface area contributed by atoms with Crippen LogP contribution in [0.5, 0.6) is 0 Å². The molecule has 0 saturated carbocycles. The topological polar surface area (TPSA) is 37.8 Å². The second-order valence-corrected chi connectivity index (χ2v) is 6.93. The highest BCUT2D eigenvalue weighted by molar-refractivity contribution is 6.37. The van der Waals surface area contributed by atoms with Crippen molar-refractivity contribution < 1.29 is 17.6 Å². The summed E-state index contributed by atoms with van der Waals surface area (Å²) in [5, 5.41) is 0.993. The van der Waals surface area contributed by atoms with E-state index in [0.717, 1.165) is 4.57 Å². The molecule has 0 radical (unpaired) electrons. The standard InChI is InChI=1S/C20H13ClF4N2O/c1-10-17-15(7-6-14-18(17)12(21)8-16(28)26-14)27(9-20(23,24)25)19(10)11-4-2-3-5-13(11)22/h2-8H,9H2,1H3,(H,26,28). The quantitative estimate of drug-likeness (QED) is 0.417. The molecule has 144 valence electrons. The number of hydrogen-bond acceptors (Lipinski definition) is 1. The van der Waals surface area contributed by atoms with E-state index < -0.39 is 24.1 Å². The minimum absolute atomic E-state index is 0.0640. The zero-order valence-corrected chi connectivity index (χ0v) is 15.2. The van der Waals surface area contributed by atoms with Crippen molar-refractivity contribution in [3.63, 3.8) is 0 Å². The fraction of sp³-hybridized carbons (Fsp3) is 0.150. The van der Waals surface area contributed by atoms with E-state index in [0.29, 0.717) is 21.9 Å².